The molecule has 0 aliphatic carbocycles. The Bertz CT molecular complexity index is 914. The van der Waals surface area contributed by atoms with Crippen LogP contribution in [0.3, 0.4) is 0 Å². The van der Waals surface area contributed by atoms with Gasteiger partial charge in [0.1, 0.15) is 5.54 Å². The van der Waals surface area contributed by atoms with Crippen molar-refractivity contribution in [1.82, 2.24) is 10.2 Å². The summed E-state index contributed by atoms with van der Waals surface area (Å²) >= 11 is 6.98. The van der Waals surface area contributed by atoms with Crippen LogP contribution in [0, 0.1) is 0 Å². The first-order valence-corrected chi connectivity index (χ1v) is 9.75. The Morgan fingerprint density at radius 1 is 1.15 bits per heavy atom. The summed E-state index contributed by atoms with van der Waals surface area (Å²) in [5.74, 6) is -0.755. The fourth-order valence-electron chi connectivity index (χ4n) is 3.03. The van der Waals surface area contributed by atoms with Gasteiger partial charge in [0.2, 0.25) is 0 Å². The van der Waals surface area contributed by atoms with Gasteiger partial charge in [0.05, 0.1) is 15.8 Å². The zero-order valence-electron chi connectivity index (χ0n) is 15.6. The molecule has 0 radical (unpaired) electrons. The van der Waals surface area contributed by atoms with Crippen LogP contribution in [0.2, 0.25) is 4.34 Å². The van der Waals surface area contributed by atoms with E-state index in [1.165, 1.54) is 0 Å². The lowest BCUT2D eigenvalue weighted by molar-refractivity contribution is -0.130. The van der Waals surface area contributed by atoms with Gasteiger partial charge in [-0.15, -0.1) is 11.3 Å². The molecule has 5 nitrogen and oxygen atoms in total. The first-order valence-electron chi connectivity index (χ1n) is 8.56. The Kier molecular flexibility index (Phi) is 4.91. The number of thiophene rings is 1. The number of Topliss-reactive ketones (excluding diaryl/α,β-unsaturated/α-hetero) is 1. The highest BCUT2D eigenvalue weighted by molar-refractivity contribution is 7.18. The maximum Gasteiger partial charge on any atom is 0.325 e. The maximum atomic E-state index is 13.0. The van der Waals surface area contributed by atoms with E-state index in [-0.39, 0.29) is 17.7 Å². The Hall–Kier alpha value is -2.18. The molecule has 0 spiro atoms. The van der Waals surface area contributed by atoms with Crippen LogP contribution in [-0.2, 0) is 15.7 Å². The van der Waals surface area contributed by atoms with Gasteiger partial charge in [0, 0.05) is 0 Å². The van der Waals surface area contributed by atoms with Gasteiger partial charge in [0.15, 0.2) is 5.78 Å². The van der Waals surface area contributed by atoms with Gasteiger partial charge >= 0.3 is 6.03 Å². The van der Waals surface area contributed by atoms with E-state index in [1.54, 1.807) is 19.1 Å². The normalized spacial score (nSPS) is 20.1. The number of amides is 3. The van der Waals surface area contributed by atoms with Crippen LogP contribution in [0.25, 0.3) is 0 Å². The molecule has 1 saturated heterocycles. The third-order valence-corrected chi connectivity index (χ3v) is 6.03. The van der Waals surface area contributed by atoms with Crippen LogP contribution >= 0.6 is 22.9 Å². The van der Waals surface area contributed by atoms with Gasteiger partial charge in [-0.3, -0.25) is 14.5 Å². The Morgan fingerprint density at radius 3 is 2.30 bits per heavy atom. The van der Waals surface area contributed by atoms with Crippen molar-refractivity contribution < 1.29 is 14.4 Å². The molecule has 1 N–H and O–H groups in total. The quantitative estimate of drug-likeness (QED) is 0.608. The minimum absolute atomic E-state index is 0.0111. The summed E-state index contributed by atoms with van der Waals surface area (Å²) in [5.41, 5.74) is 0.611. The number of nitrogens with zero attached hydrogens (tertiary/aromatic N) is 1. The SMILES string of the molecule is CC(C)(C)c1ccc(C2(C)NC(=O)N(CC(=O)c3ccc(Cl)s3)C2=O)cc1. The molecule has 0 saturated carbocycles. The number of carbonyl (C=O) groups excluding carboxylic acids is 3. The Morgan fingerprint density at radius 2 is 1.78 bits per heavy atom. The summed E-state index contributed by atoms with van der Waals surface area (Å²) in [5, 5.41) is 2.73. The molecule has 1 aliphatic heterocycles. The average Bonchev–Trinajstić information content (AvgIpc) is 3.12. The highest BCUT2D eigenvalue weighted by Crippen LogP contribution is 2.31. The molecular weight excluding hydrogens is 384 g/mol. The summed E-state index contributed by atoms with van der Waals surface area (Å²) < 4.78 is 0.485. The van der Waals surface area contributed by atoms with Gasteiger partial charge in [-0.1, -0.05) is 56.6 Å². The fraction of sp³-hybridized carbons (Fsp3) is 0.350. The van der Waals surface area contributed by atoms with E-state index in [2.05, 4.69) is 26.1 Å². The number of imide groups is 1. The van der Waals surface area contributed by atoms with E-state index in [9.17, 15) is 14.4 Å². The first kappa shape index (κ1) is 19.6. The number of hydrogen-bond acceptors (Lipinski definition) is 4. The van der Waals surface area contributed by atoms with Crippen LogP contribution in [0.4, 0.5) is 4.79 Å². The van der Waals surface area contributed by atoms with Crippen LogP contribution in [0.5, 0.6) is 0 Å². The highest BCUT2D eigenvalue weighted by Gasteiger charge is 2.49. The number of ketones is 1. The van der Waals surface area contributed by atoms with Crippen molar-refractivity contribution in [2.24, 2.45) is 0 Å². The third-order valence-electron chi connectivity index (χ3n) is 4.75. The molecule has 1 unspecified atom stereocenters. The molecule has 0 bridgehead atoms. The molecule has 1 aromatic heterocycles. The average molecular weight is 405 g/mol. The van der Waals surface area contributed by atoms with E-state index < -0.39 is 17.5 Å². The summed E-state index contributed by atoms with van der Waals surface area (Å²) in [6.07, 6.45) is 0. The number of urea groups is 1. The van der Waals surface area contributed by atoms with Crippen LogP contribution in [0.1, 0.15) is 48.5 Å². The van der Waals surface area contributed by atoms with Crippen LogP contribution < -0.4 is 5.32 Å². The maximum absolute atomic E-state index is 13.0. The third kappa shape index (κ3) is 3.64. The van der Waals surface area contributed by atoms with Crippen molar-refractivity contribution in [3.8, 4) is 0 Å². The lowest BCUT2D eigenvalue weighted by atomic mass is 9.84. The van der Waals surface area contributed by atoms with Crippen LogP contribution in [0.15, 0.2) is 36.4 Å². The van der Waals surface area contributed by atoms with E-state index >= 15 is 0 Å². The second-order valence-electron chi connectivity index (χ2n) is 7.80. The zero-order valence-corrected chi connectivity index (χ0v) is 17.2. The standard InChI is InChI=1S/C20H21ClN2O3S/c1-19(2,3)12-5-7-13(8-6-12)20(4)17(25)23(18(26)22-20)11-14(24)15-9-10-16(21)27-15/h5-10H,11H2,1-4H3,(H,22,26). The van der Waals surface area contributed by atoms with Gasteiger partial charge in [-0.2, -0.15) is 0 Å². The van der Waals surface area contributed by atoms with E-state index in [0.29, 0.717) is 14.8 Å². The van der Waals surface area contributed by atoms with Crippen molar-refractivity contribution in [2.45, 2.75) is 38.6 Å². The number of benzene rings is 1. The Balaban J connectivity index is 1.83. The molecule has 1 fully saturated rings. The van der Waals surface area contributed by atoms with Crippen molar-refractivity contribution in [1.29, 1.82) is 0 Å². The molecule has 2 heterocycles. The van der Waals surface area contributed by atoms with Gasteiger partial charge in [-0.05, 0) is 35.6 Å². The summed E-state index contributed by atoms with van der Waals surface area (Å²) in [4.78, 5) is 39.1. The molecule has 7 heteroatoms. The molecular formula is C20H21ClN2O3S. The molecule has 3 rings (SSSR count). The van der Waals surface area contributed by atoms with E-state index in [0.717, 1.165) is 21.8 Å². The smallest absolute Gasteiger partial charge is 0.319 e. The first-order chi connectivity index (χ1) is 12.5. The van der Waals surface area contributed by atoms with Crippen molar-refractivity contribution in [2.75, 3.05) is 6.54 Å². The van der Waals surface area contributed by atoms with Gasteiger partial charge < -0.3 is 5.32 Å². The monoisotopic (exact) mass is 404 g/mol. The molecule has 1 aromatic carbocycles. The molecule has 27 heavy (non-hydrogen) atoms. The summed E-state index contributed by atoms with van der Waals surface area (Å²) in [7, 11) is 0. The lowest BCUT2D eigenvalue weighted by Gasteiger charge is -2.24. The number of halogens is 1. The largest absolute Gasteiger partial charge is 0.325 e. The minimum Gasteiger partial charge on any atom is -0.319 e. The minimum atomic E-state index is -1.19. The molecule has 142 valence electrons. The number of rotatable bonds is 4. The number of nitrogens with one attached hydrogen (secondary N) is 1. The lowest BCUT2D eigenvalue weighted by Crippen LogP contribution is -2.41. The fourth-order valence-corrected chi connectivity index (χ4v) is 4.00. The number of carbonyl (C=O) groups is 3. The second-order valence-corrected chi connectivity index (χ2v) is 9.52. The van der Waals surface area contributed by atoms with Gasteiger partial charge in [0.25, 0.3) is 5.91 Å². The van der Waals surface area contributed by atoms with Crippen LogP contribution in [-0.4, -0.2) is 29.2 Å². The predicted molar refractivity (Wildman–Crippen MR) is 106 cm³/mol. The summed E-state index contributed by atoms with van der Waals surface area (Å²) in [6.45, 7) is 7.67. The molecule has 1 aliphatic rings. The topological polar surface area (TPSA) is 66.5 Å². The molecule has 1 atom stereocenters. The van der Waals surface area contributed by atoms with Crippen molar-refractivity contribution in [3.63, 3.8) is 0 Å². The molecule has 2 aromatic rings. The predicted octanol–water partition coefficient (Wildman–Crippen LogP) is 4.35. The second kappa shape index (κ2) is 6.77. The highest BCUT2D eigenvalue weighted by atomic mass is 35.5. The Labute approximate surface area is 167 Å². The summed E-state index contributed by atoms with van der Waals surface area (Å²) in [6, 6.07) is 10.3. The van der Waals surface area contributed by atoms with Gasteiger partial charge in [-0.25, -0.2) is 4.79 Å². The van der Waals surface area contributed by atoms with Crippen molar-refractivity contribution in [3.05, 3.63) is 56.7 Å². The van der Waals surface area contributed by atoms with E-state index in [4.69, 9.17) is 11.6 Å². The molecule has 3 amide bonds. The number of hydrogen-bond donors (Lipinski definition) is 1. The zero-order chi connectivity index (χ0) is 20.0. The van der Waals surface area contributed by atoms with E-state index in [1.807, 2.05) is 24.3 Å². The van der Waals surface area contributed by atoms with Crippen molar-refractivity contribution >= 4 is 40.7 Å².